The summed E-state index contributed by atoms with van der Waals surface area (Å²) >= 11 is 0. The highest BCUT2D eigenvalue weighted by Gasteiger charge is 2.31. The van der Waals surface area contributed by atoms with E-state index in [9.17, 15) is 4.79 Å². The lowest BCUT2D eigenvalue weighted by Crippen LogP contribution is -2.50. The molecule has 1 aliphatic heterocycles. The standard InChI is InChI=1S/C21H30N2O2/c1-3-25-21(24)22(2)19-12-14-23(15-13-19)20(18-10-7-11-18)16-17-8-5-4-6-9-17/h4-6,8-10,19-20H,3,7,11-16H2,1-2H3. The van der Waals surface area contributed by atoms with Crippen molar-refractivity contribution < 1.29 is 9.53 Å². The quantitative estimate of drug-likeness (QED) is 0.736. The molecule has 1 unspecified atom stereocenters. The number of hydrogen-bond donors (Lipinski definition) is 0. The van der Waals surface area contributed by atoms with Gasteiger partial charge in [-0.3, -0.25) is 4.90 Å². The average Bonchev–Trinajstić information content (AvgIpc) is 2.60. The highest BCUT2D eigenvalue weighted by molar-refractivity contribution is 5.67. The molecule has 1 amide bonds. The summed E-state index contributed by atoms with van der Waals surface area (Å²) in [6.07, 6.45) is 7.81. The molecular weight excluding hydrogens is 312 g/mol. The Morgan fingerprint density at radius 1 is 1.28 bits per heavy atom. The molecular formula is C21H30N2O2. The number of ether oxygens (including phenoxy) is 1. The zero-order chi connectivity index (χ0) is 17.6. The van der Waals surface area contributed by atoms with Crippen LogP contribution in [-0.2, 0) is 11.2 Å². The fourth-order valence-corrected chi connectivity index (χ4v) is 3.90. The maximum atomic E-state index is 11.9. The van der Waals surface area contributed by atoms with Crippen LogP contribution in [0.1, 0.15) is 38.2 Å². The number of piperidine rings is 1. The van der Waals surface area contributed by atoms with Gasteiger partial charge in [-0.15, -0.1) is 0 Å². The molecule has 0 spiro atoms. The average molecular weight is 342 g/mol. The van der Waals surface area contributed by atoms with Crippen LogP contribution in [0.25, 0.3) is 0 Å². The van der Waals surface area contributed by atoms with Crippen molar-refractivity contribution in [3.63, 3.8) is 0 Å². The molecule has 4 heteroatoms. The lowest BCUT2D eigenvalue weighted by atomic mass is 9.86. The second-order valence-electron chi connectivity index (χ2n) is 7.10. The van der Waals surface area contributed by atoms with E-state index in [4.69, 9.17) is 4.74 Å². The molecule has 136 valence electrons. The Balaban J connectivity index is 1.60. The van der Waals surface area contributed by atoms with Gasteiger partial charge in [0.25, 0.3) is 0 Å². The molecule has 0 saturated carbocycles. The van der Waals surface area contributed by atoms with Crippen LogP contribution in [0.2, 0.25) is 0 Å². The van der Waals surface area contributed by atoms with Gasteiger partial charge in [-0.1, -0.05) is 42.0 Å². The summed E-state index contributed by atoms with van der Waals surface area (Å²) < 4.78 is 5.14. The van der Waals surface area contributed by atoms with Crippen molar-refractivity contribution in [2.24, 2.45) is 0 Å². The van der Waals surface area contributed by atoms with Crippen LogP contribution in [0.5, 0.6) is 0 Å². The fourth-order valence-electron chi connectivity index (χ4n) is 3.90. The Bertz CT molecular complexity index is 591. The second kappa shape index (κ2) is 8.52. The largest absolute Gasteiger partial charge is 0.450 e. The number of hydrogen-bond acceptors (Lipinski definition) is 3. The van der Waals surface area contributed by atoms with Crippen molar-refractivity contribution in [3.8, 4) is 0 Å². The summed E-state index contributed by atoms with van der Waals surface area (Å²) in [7, 11) is 1.87. The Labute approximate surface area is 151 Å². The molecule has 4 nitrogen and oxygen atoms in total. The van der Waals surface area contributed by atoms with Gasteiger partial charge >= 0.3 is 6.09 Å². The van der Waals surface area contributed by atoms with Crippen molar-refractivity contribution in [2.75, 3.05) is 26.7 Å². The number of carbonyl (C=O) groups excluding carboxylic acids is 1. The third-order valence-corrected chi connectivity index (χ3v) is 5.58. The van der Waals surface area contributed by atoms with Gasteiger partial charge in [-0.05, 0) is 44.6 Å². The number of likely N-dealkylation sites (tertiary alicyclic amines) is 1. The van der Waals surface area contributed by atoms with E-state index in [1.165, 1.54) is 18.4 Å². The molecule has 1 aromatic carbocycles. The Morgan fingerprint density at radius 2 is 1.96 bits per heavy atom. The molecule has 25 heavy (non-hydrogen) atoms. The number of rotatable bonds is 6. The van der Waals surface area contributed by atoms with Crippen LogP contribution in [0.4, 0.5) is 4.79 Å². The van der Waals surface area contributed by atoms with Gasteiger partial charge in [0.2, 0.25) is 0 Å². The van der Waals surface area contributed by atoms with E-state index in [0.717, 1.165) is 32.4 Å². The third kappa shape index (κ3) is 4.43. The van der Waals surface area contributed by atoms with E-state index in [-0.39, 0.29) is 6.09 Å². The van der Waals surface area contributed by atoms with Gasteiger partial charge in [0.15, 0.2) is 0 Å². The molecule has 1 saturated heterocycles. The van der Waals surface area contributed by atoms with E-state index >= 15 is 0 Å². The molecule has 1 aromatic rings. The van der Waals surface area contributed by atoms with Gasteiger partial charge in [0.1, 0.15) is 0 Å². The predicted molar refractivity (Wildman–Crippen MR) is 101 cm³/mol. The van der Waals surface area contributed by atoms with Crippen molar-refractivity contribution in [3.05, 3.63) is 47.5 Å². The highest BCUT2D eigenvalue weighted by atomic mass is 16.6. The molecule has 0 bridgehead atoms. The third-order valence-electron chi connectivity index (χ3n) is 5.58. The molecule has 1 heterocycles. The maximum absolute atomic E-state index is 11.9. The minimum atomic E-state index is -0.191. The van der Waals surface area contributed by atoms with Crippen molar-refractivity contribution in [2.45, 2.75) is 51.1 Å². The molecule has 0 aromatic heterocycles. The molecule has 0 N–H and O–H groups in total. The van der Waals surface area contributed by atoms with Crippen molar-refractivity contribution >= 4 is 6.09 Å². The lowest BCUT2D eigenvalue weighted by molar-refractivity contribution is 0.0731. The van der Waals surface area contributed by atoms with Crippen LogP contribution in [-0.4, -0.2) is 54.7 Å². The zero-order valence-electron chi connectivity index (χ0n) is 15.5. The summed E-state index contributed by atoms with van der Waals surface area (Å²) in [5.41, 5.74) is 3.01. The minimum Gasteiger partial charge on any atom is -0.450 e. The van der Waals surface area contributed by atoms with Gasteiger partial charge in [-0.25, -0.2) is 4.79 Å². The van der Waals surface area contributed by atoms with Crippen LogP contribution in [0, 0.1) is 0 Å². The van der Waals surface area contributed by atoms with Crippen LogP contribution in [0.3, 0.4) is 0 Å². The molecule has 1 atom stereocenters. The summed E-state index contributed by atoms with van der Waals surface area (Å²) in [5, 5.41) is 0. The SMILES string of the molecule is CCOC(=O)N(C)C1CCN(C(Cc2ccccc2)C2=CCC2)CC1. The maximum Gasteiger partial charge on any atom is 0.409 e. The Hall–Kier alpha value is -1.81. The van der Waals surface area contributed by atoms with Gasteiger partial charge < -0.3 is 9.64 Å². The minimum absolute atomic E-state index is 0.191. The predicted octanol–water partition coefficient (Wildman–Crippen LogP) is 3.87. The first-order valence-electron chi connectivity index (χ1n) is 9.55. The van der Waals surface area contributed by atoms with Gasteiger partial charge in [-0.2, -0.15) is 0 Å². The summed E-state index contributed by atoms with van der Waals surface area (Å²) in [5.74, 6) is 0. The summed E-state index contributed by atoms with van der Waals surface area (Å²) in [4.78, 5) is 16.3. The Morgan fingerprint density at radius 3 is 2.52 bits per heavy atom. The summed E-state index contributed by atoms with van der Waals surface area (Å²) in [6, 6.07) is 11.6. The van der Waals surface area contributed by atoms with E-state index in [1.807, 2.05) is 14.0 Å². The van der Waals surface area contributed by atoms with Gasteiger partial charge in [0.05, 0.1) is 6.61 Å². The lowest BCUT2D eigenvalue weighted by Gasteiger charge is -2.42. The number of allylic oxidation sites excluding steroid dienone is 1. The molecule has 2 aliphatic rings. The van der Waals surface area contributed by atoms with Crippen LogP contribution >= 0.6 is 0 Å². The Kier molecular flexibility index (Phi) is 6.14. The smallest absolute Gasteiger partial charge is 0.409 e. The monoisotopic (exact) mass is 342 g/mol. The zero-order valence-corrected chi connectivity index (χ0v) is 15.5. The number of benzene rings is 1. The van der Waals surface area contributed by atoms with E-state index in [1.54, 1.807) is 10.5 Å². The number of nitrogens with zero attached hydrogens (tertiary/aromatic N) is 2. The number of amides is 1. The first-order chi connectivity index (χ1) is 12.2. The molecule has 3 rings (SSSR count). The van der Waals surface area contributed by atoms with E-state index in [2.05, 4.69) is 41.3 Å². The second-order valence-corrected chi connectivity index (χ2v) is 7.10. The van der Waals surface area contributed by atoms with Crippen molar-refractivity contribution in [1.82, 2.24) is 9.80 Å². The first-order valence-corrected chi connectivity index (χ1v) is 9.55. The molecule has 1 fully saturated rings. The first kappa shape index (κ1) is 18.0. The van der Waals surface area contributed by atoms with Gasteiger partial charge in [0, 0.05) is 32.2 Å². The topological polar surface area (TPSA) is 32.8 Å². The normalized spacial score (nSPS) is 19.7. The van der Waals surface area contributed by atoms with E-state index in [0.29, 0.717) is 18.7 Å². The van der Waals surface area contributed by atoms with E-state index < -0.39 is 0 Å². The van der Waals surface area contributed by atoms with Crippen LogP contribution in [0.15, 0.2) is 42.0 Å². The molecule has 0 radical (unpaired) electrons. The van der Waals surface area contributed by atoms with Crippen molar-refractivity contribution in [1.29, 1.82) is 0 Å². The van der Waals surface area contributed by atoms with Crippen LogP contribution < -0.4 is 0 Å². The highest BCUT2D eigenvalue weighted by Crippen LogP contribution is 2.30. The fraction of sp³-hybridized carbons (Fsp3) is 0.571. The number of carbonyl (C=O) groups is 1. The summed E-state index contributed by atoms with van der Waals surface area (Å²) in [6.45, 7) is 4.39. The molecule has 1 aliphatic carbocycles.